The van der Waals surface area contributed by atoms with Crippen molar-refractivity contribution < 1.29 is 14.0 Å². The minimum atomic E-state index is -0.292. The first kappa shape index (κ1) is 18.6. The first-order valence-corrected chi connectivity index (χ1v) is 8.22. The van der Waals surface area contributed by atoms with Crippen LogP contribution in [0.15, 0.2) is 42.5 Å². The molecule has 0 atom stereocenters. The van der Waals surface area contributed by atoms with E-state index in [4.69, 9.17) is 0 Å². The summed E-state index contributed by atoms with van der Waals surface area (Å²) < 4.78 is 12.9. The molecular formula is C20H23FN2O2. The van der Waals surface area contributed by atoms with Crippen LogP contribution in [-0.4, -0.2) is 29.8 Å². The molecule has 2 amide bonds. The smallest absolute Gasteiger partial charge is 0.243 e. The number of nitrogens with one attached hydrogen (secondary N) is 1. The van der Waals surface area contributed by atoms with Crippen LogP contribution in [0.4, 0.5) is 10.1 Å². The minimum Gasteiger partial charge on any atom is -0.333 e. The number of amides is 2. The lowest BCUT2D eigenvalue weighted by atomic mass is 10.1. The van der Waals surface area contributed by atoms with Crippen LogP contribution in [0.25, 0.3) is 0 Å². The molecule has 0 aliphatic carbocycles. The average molecular weight is 342 g/mol. The van der Waals surface area contributed by atoms with Gasteiger partial charge in [-0.15, -0.1) is 0 Å². The topological polar surface area (TPSA) is 49.4 Å². The quantitative estimate of drug-likeness (QED) is 0.874. The van der Waals surface area contributed by atoms with Gasteiger partial charge >= 0.3 is 0 Å². The van der Waals surface area contributed by atoms with Crippen LogP contribution < -0.4 is 5.32 Å². The van der Waals surface area contributed by atoms with Gasteiger partial charge in [0.2, 0.25) is 11.8 Å². The van der Waals surface area contributed by atoms with Crippen LogP contribution >= 0.6 is 0 Å². The Labute approximate surface area is 147 Å². The summed E-state index contributed by atoms with van der Waals surface area (Å²) in [5.41, 5.74) is 3.89. The number of hydrogen-bond acceptors (Lipinski definition) is 2. The van der Waals surface area contributed by atoms with E-state index < -0.39 is 0 Å². The lowest BCUT2D eigenvalue weighted by molar-refractivity contribution is -0.132. The summed E-state index contributed by atoms with van der Waals surface area (Å²) in [4.78, 5) is 25.5. The second-order valence-electron chi connectivity index (χ2n) is 6.16. The maximum Gasteiger partial charge on any atom is 0.243 e. The van der Waals surface area contributed by atoms with Crippen molar-refractivity contribution in [1.82, 2.24) is 4.90 Å². The number of carbonyl (C=O) groups excluding carboxylic acids is 2. The van der Waals surface area contributed by atoms with E-state index in [1.807, 2.05) is 32.0 Å². The van der Waals surface area contributed by atoms with E-state index in [9.17, 15) is 14.0 Å². The number of nitrogens with zero attached hydrogens (tertiary/aromatic N) is 1. The van der Waals surface area contributed by atoms with Crippen LogP contribution in [0, 0.1) is 19.7 Å². The molecule has 0 aliphatic heterocycles. The highest BCUT2D eigenvalue weighted by Crippen LogP contribution is 2.14. The van der Waals surface area contributed by atoms with Gasteiger partial charge in [0.05, 0.1) is 6.54 Å². The van der Waals surface area contributed by atoms with Crippen molar-refractivity contribution in [1.29, 1.82) is 0 Å². The molecule has 2 aromatic rings. The number of aryl methyl sites for hydroxylation is 2. The van der Waals surface area contributed by atoms with E-state index in [1.54, 1.807) is 12.1 Å². The summed E-state index contributed by atoms with van der Waals surface area (Å²) in [5, 5.41) is 2.82. The maximum atomic E-state index is 12.9. The van der Waals surface area contributed by atoms with Crippen molar-refractivity contribution in [2.75, 3.05) is 18.4 Å². The fourth-order valence-corrected chi connectivity index (χ4v) is 2.46. The zero-order valence-corrected chi connectivity index (χ0v) is 14.8. The normalized spacial score (nSPS) is 10.4. The van der Waals surface area contributed by atoms with Gasteiger partial charge in [-0.2, -0.15) is 0 Å². The van der Waals surface area contributed by atoms with E-state index >= 15 is 0 Å². The number of rotatable bonds is 6. The van der Waals surface area contributed by atoms with Gasteiger partial charge in [-0.1, -0.05) is 18.2 Å². The van der Waals surface area contributed by atoms with Crippen molar-refractivity contribution in [2.24, 2.45) is 0 Å². The van der Waals surface area contributed by atoms with Gasteiger partial charge in [0, 0.05) is 19.2 Å². The van der Waals surface area contributed by atoms with Gasteiger partial charge in [-0.25, -0.2) is 4.39 Å². The second-order valence-corrected chi connectivity index (χ2v) is 6.16. The minimum absolute atomic E-state index is 0.0105. The first-order valence-electron chi connectivity index (χ1n) is 8.22. The molecule has 0 saturated carbocycles. The molecule has 0 unspecified atom stereocenters. The SMILES string of the molecule is CC(=O)N(CCc1ccc(F)cc1)CC(=O)Nc1ccc(C)c(C)c1. The molecule has 4 nitrogen and oxygen atoms in total. The summed E-state index contributed by atoms with van der Waals surface area (Å²) in [6.07, 6.45) is 0.566. The third-order valence-electron chi connectivity index (χ3n) is 4.15. The van der Waals surface area contributed by atoms with Crippen molar-refractivity contribution in [3.8, 4) is 0 Å². The molecule has 25 heavy (non-hydrogen) atoms. The van der Waals surface area contributed by atoms with E-state index in [-0.39, 0.29) is 24.2 Å². The fraction of sp³-hybridized carbons (Fsp3) is 0.300. The molecule has 2 rings (SSSR count). The summed E-state index contributed by atoms with van der Waals surface area (Å²) >= 11 is 0. The Balaban J connectivity index is 1.93. The summed E-state index contributed by atoms with van der Waals surface area (Å²) in [5.74, 6) is -0.699. The van der Waals surface area contributed by atoms with E-state index in [0.717, 1.165) is 22.4 Å². The molecule has 0 saturated heterocycles. The Morgan fingerprint density at radius 1 is 1.04 bits per heavy atom. The second kappa shape index (κ2) is 8.42. The number of halogens is 1. The highest BCUT2D eigenvalue weighted by atomic mass is 19.1. The molecule has 0 heterocycles. The summed E-state index contributed by atoms with van der Waals surface area (Å²) in [6, 6.07) is 11.8. The Hall–Kier alpha value is -2.69. The first-order chi connectivity index (χ1) is 11.8. The zero-order valence-electron chi connectivity index (χ0n) is 14.8. The Morgan fingerprint density at radius 3 is 2.32 bits per heavy atom. The summed E-state index contributed by atoms with van der Waals surface area (Å²) in [7, 11) is 0. The highest BCUT2D eigenvalue weighted by molar-refractivity contribution is 5.94. The Kier molecular flexibility index (Phi) is 6.28. The van der Waals surface area contributed by atoms with Gasteiger partial charge in [0.15, 0.2) is 0 Å². The lowest BCUT2D eigenvalue weighted by Crippen LogP contribution is -2.38. The van der Waals surface area contributed by atoms with Crippen LogP contribution in [0.3, 0.4) is 0 Å². The predicted molar refractivity (Wildman–Crippen MR) is 96.9 cm³/mol. The van der Waals surface area contributed by atoms with Crippen LogP contribution in [0.2, 0.25) is 0 Å². The van der Waals surface area contributed by atoms with Crippen LogP contribution in [-0.2, 0) is 16.0 Å². The predicted octanol–water partition coefficient (Wildman–Crippen LogP) is 3.47. The van der Waals surface area contributed by atoms with E-state index in [1.165, 1.54) is 24.0 Å². The van der Waals surface area contributed by atoms with Crippen LogP contribution in [0.1, 0.15) is 23.6 Å². The van der Waals surface area contributed by atoms with Crippen molar-refractivity contribution in [3.63, 3.8) is 0 Å². The fourth-order valence-electron chi connectivity index (χ4n) is 2.46. The third-order valence-corrected chi connectivity index (χ3v) is 4.15. The molecule has 0 radical (unpaired) electrons. The molecule has 5 heteroatoms. The molecule has 0 aliphatic rings. The molecule has 2 aromatic carbocycles. The lowest BCUT2D eigenvalue weighted by Gasteiger charge is -2.20. The Bertz CT molecular complexity index is 757. The van der Waals surface area contributed by atoms with E-state index in [0.29, 0.717) is 13.0 Å². The molecule has 0 aromatic heterocycles. The average Bonchev–Trinajstić information content (AvgIpc) is 2.56. The zero-order chi connectivity index (χ0) is 18.4. The van der Waals surface area contributed by atoms with Crippen molar-refractivity contribution in [3.05, 3.63) is 65.0 Å². The number of benzene rings is 2. The molecular weight excluding hydrogens is 319 g/mol. The maximum absolute atomic E-state index is 12.9. The molecule has 0 spiro atoms. The van der Waals surface area contributed by atoms with Gasteiger partial charge in [0.1, 0.15) is 5.82 Å². The molecule has 0 fully saturated rings. The third kappa shape index (κ3) is 5.71. The number of carbonyl (C=O) groups is 2. The monoisotopic (exact) mass is 342 g/mol. The van der Waals surface area contributed by atoms with Crippen molar-refractivity contribution >= 4 is 17.5 Å². The standard InChI is InChI=1S/C20H23FN2O2/c1-14-4-9-19(12-15(14)2)22-20(25)13-23(16(3)24)11-10-17-5-7-18(21)8-6-17/h4-9,12H,10-11,13H2,1-3H3,(H,22,25). The molecule has 132 valence electrons. The van der Waals surface area contributed by atoms with Gasteiger partial charge < -0.3 is 10.2 Å². The van der Waals surface area contributed by atoms with Gasteiger partial charge in [-0.3, -0.25) is 9.59 Å². The van der Waals surface area contributed by atoms with E-state index in [2.05, 4.69) is 5.32 Å². The summed E-state index contributed by atoms with van der Waals surface area (Å²) in [6.45, 7) is 5.82. The van der Waals surface area contributed by atoms with Crippen LogP contribution in [0.5, 0.6) is 0 Å². The molecule has 0 bridgehead atoms. The molecule has 1 N–H and O–H groups in total. The Morgan fingerprint density at radius 2 is 1.72 bits per heavy atom. The number of anilines is 1. The van der Waals surface area contributed by atoms with Gasteiger partial charge in [0.25, 0.3) is 0 Å². The van der Waals surface area contributed by atoms with Gasteiger partial charge in [-0.05, 0) is 61.2 Å². The largest absolute Gasteiger partial charge is 0.333 e. The number of hydrogen-bond donors (Lipinski definition) is 1. The van der Waals surface area contributed by atoms with Crippen molar-refractivity contribution in [2.45, 2.75) is 27.2 Å². The highest BCUT2D eigenvalue weighted by Gasteiger charge is 2.14.